The highest BCUT2D eigenvalue weighted by molar-refractivity contribution is 7.92. The Morgan fingerprint density at radius 2 is 1.81 bits per heavy atom. The number of nitrogens with zero attached hydrogens (tertiary/aromatic N) is 2. The third-order valence-corrected chi connectivity index (χ3v) is 7.05. The van der Waals surface area contributed by atoms with Gasteiger partial charge in [0.05, 0.1) is 31.0 Å². The molecule has 8 nitrogen and oxygen atoms in total. The van der Waals surface area contributed by atoms with Crippen LogP contribution in [-0.2, 0) is 14.8 Å². The van der Waals surface area contributed by atoms with Gasteiger partial charge >= 0.3 is 0 Å². The predicted octanol–water partition coefficient (Wildman–Crippen LogP) is 3.42. The van der Waals surface area contributed by atoms with Crippen molar-refractivity contribution in [3.05, 3.63) is 70.4 Å². The predicted molar refractivity (Wildman–Crippen MR) is 125 cm³/mol. The molecule has 0 radical (unpaired) electrons. The average molecular weight is 474 g/mol. The molecule has 0 atom stereocenters. The lowest BCUT2D eigenvalue weighted by atomic mass is 10.2. The number of benzene rings is 2. The number of hydrazone groups is 1. The van der Waals surface area contributed by atoms with Crippen LogP contribution in [0.25, 0.3) is 0 Å². The van der Waals surface area contributed by atoms with E-state index in [1.165, 1.54) is 50.0 Å². The van der Waals surface area contributed by atoms with Gasteiger partial charge in [0.25, 0.3) is 15.9 Å². The second-order valence-corrected chi connectivity index (χ2v) is 9.51. The van der Waals surface area contributed by atoms with Crippen molar-refractivity contribution in [2.45, 2.75) is 11.8 Å². The summed E-state index contributed by atoms with van der Waals surface area (Å²) in [5.41, 5.74) is 3.69. The molecule has 0 unspecified atom stereocenters. The van der Waals surface area contributed by atoms with E-state index in [-0.39, 0.29) is 10.6 Å². The van der Waals surface area contributed by atoms with Crippen molar-refractivity contribution in [1.29, 1.82) is 0 Å². The van der Waals surface area contributed by atoms with Crippen LogP contribution >= 0.6 is 11.3 Å². The molecule has 2 aromatic carbocycles. The molecule has 0 bridgehead atoms. The number of hydrogen-bond acceptors (Lipinski definition) is 7. The minimum Gasteiger partial charge on any atom is -0.493 e. The highest BCUT2D eigenvalue weighted by Crippen LogP contribution is 2.32. The number of methoxy groups -OCH3 is 2. The second-order valence-electron chi connectivity index (χ2n) is 6.67. The molecule has 10 heteroatoms. The van der Waals surface area contributed by atoms with Crippen LogP contribution in [0.5, 0.6) is 11.5 Å². The minimum atomic E-state index is -4.10. The van der Waals surface area contributed by atoms with Crippen LogP contribution in [0.15, 0.2) is 70.0 Å². The lowest BCUT2D eigenvalue weighted by Gasteiger charge is -2.24. The van der Waals surface area contributed by atoms with E-state index in [1.54, 1.807) is 24.3 Å². The van der Waals surface area contributed by atoms with Gasteiger partial charge in [0.15, 0.2) is 11.5 Å². The molecule has 1 aromatic heterocycles. The normalized spacial score (nSPS) is 11.3. The highest BCUT2D eigenvalue weighted by Gasteiger charge is 2.28. The monoisotopic (exact) mass is 473 g/mol. The van der Waals surface area contributed by atoms with Crippen LogP contribution in [0.2, 0.25) is 0 Å². The van der Waals surface area contributed by atoms with Gasteiger partial charge in [-0.05, 0) is 42.6 Å². The number of hydrogen-bond donors (Lipinski definition) is 1. The molecule has 32 heavy (non-hydrogen) atoms. The average Bonchev–Trinajstić information content (AvgIpc) is 3.31. The molecular formula is C22H23N3O5S2. The van der Waals surface area contributed by atoms with Crippen LogP contribution < -0.4 is 19.2 Å². The Labute approximate surface area is 191 Å². The van der Waals surface area contributed by atoms with E-state index < -0.39 is 22.5 Å². The summed E-state index contributed by atoms with van der Waals surface area (Å²) in [6.07, 6.45) is 1.50. The number of nitrogens with one attached hydrogen (secondary N) is 1. The van der Waals surface area contributed by atoms with E-state index in [0.29, 0.717) is 11.4 Å². The van der Waals surface area contributed by atoms with Crippen LogP contribution in [0.3, 0.4) is 0 Å². The molecule has 0 fully saturated rings. The maximum atomic E-state index is 13.5. The van der Waals surface area contributed by atoms with E-state index >= 15 is 0 Å². The van der Waals surface area contributed by atoms with Crippen molar-refractivity contribution in [3.63, 3.8) is 0 Å². The van der Waals surface area contributed by atoms with E-state index in [9.17, 15) is 13.2 Å². The van der Waals surface area contributed by atoms with Gasteiger partial charge < -0.3 is 9.47 Å². The number of anilines is 1. The van der Waals surface area contributed by atoms with Gasteiger partial charge in [0, 0.05) is 10.9 Å². The van der Waals surface area contributed by atoms with Crippen molar-refractivity contribution >= 4 is 39.2 Å². The first-order valence-electron chi connectivity index (χ1n) is 9.52. The van der Waals surface area contributed by atoms with E-state index in [4.69, 9.17) is 9.47 Å². The molecule has 0 saturated carbocycles. The SMILES string of the molecule is COc1ccc(S(=O)(=O)N(CC(=O)N/N=C/c2cccs2)c2ccc(C)cc2)cc1OC. The zero-order valence-corrected chi connectivity index (χ0v) is 19.4. The molecule has 3 aromatic rings. The number of aryl methyl sites for hydroxylation is 1. The molecule has 0 aliphatic rings. The van der Waals surface area contributed by atoms with Crippen molar-refractivity contribution in [1.82, 2.24) is 5.43 Å². The second kappa shape index (κ2) is 10.3. The first-order valence-corrected chi connectivity index (χ1v) is 11.8. The van der Waals surface area contributed by atoms with Gasteiger partial charge in [-0.15, -0.1) is 11.3 Å². The first kappa shape index (κ1) is 23.3. The van der Waals surface area contributed by atoms with Crippen LogP contribution in [0.1, 0.15) is 10.4 Å². The molecule has 1 heterocycles. The van der Waals surface area contributed by atoms with Crippen LogP contribution in [-0.4, -0.2) is 41.3 Å². The van der Waals surface area contributed by atoms with Crippen molar-refractivity contribution < 1.29 is 22.7 Å². The summed E-state index contributed by atoms with van der Waals surface area (Å²) in [4.78, 5) is 13.4. The van der Waals surface area contributed by atoms with Gasteiger partial charge in [-0.25, -0.2) is 13.8 Å². The van der Waals surface area contributed by atoms with E-state index in [1.807, 2.05) is 24.4 Å². The summed E-state index contributed by atoms with van der Waals surface area (Å²) in [6.45, 7) is 1.43. The fourth-order valence-electron chi connectivity index (χ4n) is 2.83. The lowest BCUT2D eigenvalue weighted by molar-refractivity contribution is -0.119. The summed E-state index contributed by atoms with van der Waals surface area (Å²) in [7, 11) is -1.22. The largest absolute Gasteiger partial charge is 0.493 e. The lowest BCUT2D eigenvalue weighted by Crippen LogP contribution is -2.39. The third kappa shape index (κ3) is 5.45. The molecule has 168 valence electrons. The number of carbonyl (C=O) groups excluding carboxylic acids is 1. The molecular weight excluding hydrogens is 450 g/mol. The Morgan fingerprint density at radius 3 is 2.44 bits per heavy atom. The minimum absolute atomic E-state index is 0.0365. The Hall–Kier alpha value is -3.37. The Kier molecular flexibility index (Phi) is 7.49. The third-order valence-electron chi connectivity index (χ3n) is 4.48. The van der Waals surface area contributed by atoms with Crippen molar-refractivity contribution in [2.24, 2.45) is 5.10 Å². The molecule has 3 rings (SSSR count). The van der Waals surface area contributed by atoms with Gasteiger partial charge in [-0.1, -0.05) is 23.8 Å². The number of thiophene rings is 1. The van der Waals surface area contributed by atoms with Crippen LogP contribution in [0, 0.1) is 6.92 Å². The summed E-state index contributed by atoms with van der Waals surface area (Å²) in [5.74, 6) is 0.0823. The van der Waals surface area contributed by atoms with Gasteiger partial charge in [-0.3, -0.25) is 9.10 Å². The number of carbonyl (C=O) groups is 1. The summed E-state index contributed by atoms with van der Waals surface area (Å²) in [5, 5.41) is 5.79. The summed E-state index contributed by atoms with van der Waals surface area (Å²) >= 11 is 1.47. The maximum Gasteiger partial charge on any atom is 0.264 e. The number of rotatable bonds is 9. The molecule has 1 amide bonds. The zero-order chi connectivity index (χ0) is 23.1. The maximum absolute atomic E-state index is 13.5. The van der Waals surface area contributed by atoms with E-state index in [2.05, 4.69) is 10.5 Å². The van der Waals surface area contributed by atoms with Gasteiger partial charge in [-0.2, -0.15) is 5.10 Å². The molecule has 1 N–H and O–H groups in total. The molecule has 0 saturated heterocycles. The summed E-state index contributed by atoms with van der Waals surface area (Å²) < 4.78 is 38.4. The van der Waals surface area contributed by atoms with E-state index in [0.717, 1.165) is 14.7 Å². The van der Waals surface area contributed by atoms with Crippen molar-refractivity contribution in [3.8, 4) is 11.5 Å². The standard InChI is InChI=1S/C22H23N3O5S2/c1-16-6-8-17(9-7-16)25(15-22(26)24-23-14-18-5-4-12-31-18)32(27,28)19-10-11-20(29-2)21(13-19)30-3/h4-14H,15H2,1-3H3,(H,24,26)/b23-14+. The Morgan fingerprint density at radius 1 is 1.09 bits per heavy atom. The molecule has 0 aliphatic carbocycles. The smallest absolute Gasteiger partial charge is 0.264 e. The first-order chi connectivity index (χ1) is 15.3. The zero-order valence-electron chi connectivity index (χ0n) is 17.8. The van der Waals surface area contributed by atoms with Gasteiger partial charge in [0.2, 0.25) is 0 Å². The molecule has 0 aliphatic heterocycles. The Bertz CT molecular complexity index is 1190. The van der Waals surface area contributed by atoms with Gasteiger partial charge in [0.1, 0.15) is 6.54 Å². The van der Waals surface area contributed by atoms with Crippen LogP contribution in [0.4, 0.5) is 5.69 Å². The number of ether oxygens (including phenoxy) is 2. The quantitative estimate of drug-likeness (QED) is 0.379. The Balaban J connectivity index is 1.91. The molecule has 0 spiro atoms. The topological polar surface area (TPSA) is 97.3 Å². The summed E-state index contributed by atoms with van der Waals surface area (Å²) in [6, 6.07) is 14.8. The fraction of sp³-hybridized carbons (Fsp3) is 0.182. The fourth-order valence-corrected chi connectivity index (χ4v) is 4.85. The number of sulfonamides is 1. The van der Waals surface area contributed by atoms with Crippen molar-refractivity contribution in [2.75, 3.05) is 25.1 Å². The number of amides is 1. The highest BCUT2D eigenvalue weighted by atomic mass is 32.2.